The summed E-state index contributed by atoms with van der Waals surface area (Å²) < 4.78 is 5.19. The highest BCUT2D eigenvalue weighted by Crippen LogP contribution is 2.44. The Morgan fingerprint density at radius 1 is 1.03 bits per heavy atom. The van der Waals surface area contributed by atoms with Crippen molar-refractivity contribution in [2.75, 3.05) is 17.7 Å². The summed E-state index contributed by atoms with van der Waals surface area (Å²) in [5.74, 6) is 1.03. The van der Waals surface area contributed by atoms with Crippen LogP contribution in [-0.4, -0.2) is 18.9 Å². The lowest BCUT2D eigenvalue weighted by atomic mass is 9.72. The molecule has 0 saturated heterocycles. The summed E-state index contributed by atoms with van der Waals surface area (Å²) in [6, 6.07) is 7.26. The molecule has 1 aliphatic rings. The van der Waals surface area contributed by atoms with Crippen molar-refractivity contribution in [2.24, 2.45) is 16.7 Å². The number of amides is 2. The first-order valence-corrected chi connectivity index (χ1v) is 11.6. The van der Waals surface area contributed by atoms with E-state index in [0.717, 1.165) is 30.6 Å². The first kappa shape index (κ1) is 23.3. The summed E-state index contributed by atoms with van der Waals surface area (Å²) >= 11 is 1.56. The third-order valence-electron chi connectivity index (χ3n) is 5.97. The van der Waals surface area contributed by atoms with Gasteiger partial charge >= 0.3 is 0 Å². The van der Waals surface area contributed by atoms with Crippen molar-refractivity contribution in [3.8, 4) is 5.75 Å². The van der Waals surface area contributed by atoms with E-state index in [1.54, 1.807) is 18.4 Å². The van der Waals surface area contributed by atoms with Crippen molar-refractivity contribution >= 4 is 33.8 Å². The van der Waals surface area contributed by atoms with Crippen LogP contribution in [0.4, 0.5) is 10.7 Å². The lowest BCUT2D eigenvalue weighted by Gasteiger charge is -2.33. The van der Waals surface area contributed by atoms with Crippen LogP contribution in [0.5, 0.6) is 5.75 Å². The highest BCUT2D eigenvalue weighted by molar-refractivity contribution is 7.17. The standard InChI is InChI=1S/C25H34N2O3S/c1-24(2,3)15-8-13-18-19(14-15)31-22(27-23(29)25(4,5)6)20(18)21(28)26-16-9-11-17(30-7)12-10-16/h9-12,15H,8,13-14H2,1-7H3,(H,26,28)(H,27,29)/t15-/m0/s1. The lowest BCUT2D eigenvalue weighted by molar-refractivity contribution is -0.123. The van der Waals surface area contributed by atoms with Crippen LogP contribution in [0.25, 0.3) is 0 Å². The molecule has 6 heteroatoms. The van der Waals surface area contributed by atoms with Crippen LogP contribution in [-0.2, 0) is 17.6 Å². The molecule has 31 heavy (non-hydrogen) atoms. The SMILES string of the molecule is COc1ccc(NC(=O)c2c(NC(=O)C(C)(C)C)sc3c2CC[C@H](C(C)(C)C)C3)cc1. The van der Waals surface area contributed by atoms with Gasteiger partial charge in [0.25, 0.3) is 5.91 Å². The number of hydrogen-bond acceptors (Lipinski definition) is 4. The summed E-state index contributed by atoms with van der Waals surface area (Å²) in [7, 11) is 1.61. The molecule has 1 heterocycles. The second kappa shape index (κ2) is 8.65. The van der Waals surface area contributed by atoms with Crippen LogP contribution in [0.1, 0.15) is 68.8 Å². The average Bonchev–Trinajstić information content (AvgIpc) is 3.04. The normalized spacial score (nSPS) is 16.4. The number of thiophene rings is 1. The predicted octanol–water partition coefficient (Wildman–Crippen LogP) is 6.14. The van der Waals surface area contributed by atoms with Gasteiger partial charge in [0, 0.05) is 16.0 Å². The number of carbonyl (C=O) groups excluding carboxylic acids is 2. The zero-order chi connectivity index (χ0) is 23.0. The molecule has 1 aromatic heterocycles. The van der Waals surface area contributed by atoms with E-state index in [9.17, 15) is 9.59 Å². The fourth-order valence-electron chi connectivity index (χ4n) is 3.81. The van der Waals surface area contributed by atoms with E-state index in [1.165, 1.54) is 4.88 Å². The minimum atomic E-state index is -0.540. The second-order valence-corrected chi connectivity index (χ2v) is 11.5. The molecule has 2 N–H and O–H groups in total. The molecule has 0 fully saturated rings. The summed E-state index contributed by atoms with van der Waals surface area (Å²) in [4.78, 5) is 27.3. The Bertz CT molecular complexity index is 962. The second-order valence-electron chi connectivity index (χ2n) is 10.4. The predicted molar refractivity (Wildman–Crippen MR) is 128 cm³/mol. The van der Waals surface area contributed by atoms with E-state index in [1.807, 2.05) is 45.0 Å². The fourth-order valence-corrected chi connectivity index (χ4v) is 5.13. The molecular weight excluding hydrogens is 408 g/mol. The van der Waals surface area contributed by atoms with Gasteiger partial charge in [-0.3, -0.25) is 9.59 Å². The molecule has 5 nitrogen and oxygen atoms in total. The number of methoxy groups -OCH3 is 1. The summed E-state index contributed by atoms with van der Waals surface area (Å²) in [5, 5.41) is 6.70. The molecule has 0 bridgehead atoms. The maximum Gasteiger partial charge on any atom is 0.258 e. The highest BCUT2D eigenvalue weighted by Gasteiger charge is 2.35. The van der Waals surface area contributed by atoms with Crippen molar-refractivity contribution in [1.82, 2.24) is 0 Å². The Morgan fingerprint density at radius 3 is 2.23 bits per heavy atom. The van der Waals surface area contributed by atoms with Crippen LogP contribution in [0.3, 0.4) is 0 Å². The molecule has 1 aliphatic carbocycles. The maximum absolute atomic E-state index is 13.3. The monoisotopic (exact) mass is 442 g/mol. The molecule has 0 saturated carbocycles. The average molecular weight is 443 g/mol. The van der Waals surface area contributed by atoms with Crippen LogP contribution in [0.15, 0.2) is 24.3 Å². The minimum absolute atomic E-state index is 0.0861. The van der Waals surface area contributed by atoms with E-state index < -0.39 is 5.41 Å². The van der Waals surface area contributed by atoms with E-state index in [0.29, 0.717) is 22.2 Å². The zero-order valence-electron chi connectivity index (χ0n) is 19.6. The Balaban J connectivity index is 1.95. The molecule has 2 aromatic rings. The van der Waals surface area contributed by atoms with Crippen LogP contribution >= 0.6 is 11.3 Å². The molecule has 168 valence electrons. The van der Waals surface area contributed by atoms with Gasteiger partial charge in [0.15, 0.2) is 0 Å². The first-order chi connectivity index (χ1) is 14.4. The molecule has 1 atom stereocenters. The molecule has 2 amide bonds. The molecule has 0 radical (unpaired) electrons. The van der Waals surface area contributed by atoms with Crippen LogP contribution in [0.2, 0.25) is 0 Å². The van der Waals surface area contributed by atoms with Gasteiger partial charge in [0.05, 0.1) is 12.7 Å². The number of fused-ring (bicyclic) bond motifs is 1. The largest absolute Gasteiger partial charge is 0.497 e. The number of anilines is 2. The zero-order valence-corrected chi connectivity index (χ0v) is 20.5. The molecule has 0 spiro atoms. The number of ether oxygens (including phenoxy) is 1. The van der Waals surface area contributed by atoms with Crippen molar-refractivity contribution in [1.29, 1.82) is 0 Å². The topological polar surface area (TPSA) is 67.4 Å². The van der Waals surface area contributed by atoms with Gasteiger partial charge in [-0.1, -0.05) is 41.5 Å². The number of rotatable bonds is 4. The van der Waals surface area contributed by atoms with Gasteiger partial charge in [0.1, 0.15) is 10.8 Å². The minimum Gasteiger partial charge on any atom is -0.497 e. The third kappa shape index (κ3) is 5.29. The number of carbonyl (C=O) groups is 2. The van der Waals surface area contributed by atoms with Gasteiger partial charge in [-0.05, 0) is 60.4 Å². The Labute approximate surface area is 189 Å². The van der Waals surface area contributed by atoms with Crippen molar-refractivity contribution in [2.45, 2.75) is 60.8 Å². The number of benzene rings is 1. The van der Waals surface area contributed by atoms with Gasteiger partial charge < -0.3 is 15.4 Å². The summed E-state index contributed by atoms with van der Waals surface area (Å²) in [6.45, 7) is 12.5. The van der Waals surface area contributed by atoms with E-state index >= 15 is 0 Å². The number of hydrogen-bond donors (Lipinski definition) is 2. The van der Waals surface area contributed by atoms with E-state index in [4.69, 9.17) is 4.74 Å². The summed E-state index contributed by atoms with van der Waals surface area (Å²) in [5.41, 5.74) is 2.06. The van der Waals surface area contributed by atoms with Gasteiger partial charge in [-0.25, -0.2) is 0 Å². The Hall–Kier alpha value is -2.34. The van der Waals surface area contributed by atoms with Crippen molar-refractivity contribution in [3.05, 3.63) is 40.3 Å². The molecule has 0 unspecified atom stereocenters. The Kier molecular flexibility index (Phi) is 6.51. The van der Waals surface area contributed by atoms with Crippen LogP contribution < -0.4 is 15.4 Å². The number of nitrogens with one attached hydrogen (secondary N) is 2. The molecule has 0 aliphatic heterocycles. The first-order valence-electron chi connectivity index (χ1n) is 10.8. The van der Waals surface area contributed by atoms with E-state index in [2.05, 4.69) is 31.4 Å². The fraction of sp³-hybridized carbons (Fsp3) is 0.520. The van der Waals surface area contributed by atoms with E-state index in [-0.39, 0.29) is 17.2 Å². The van der Waals surface area contributed by atoms with Crippen LogP contribution in [0, 0.1) is 16.7 Å². The van der Waals surface area contributed by atoms with Crippen molar-refractivity contribution < 1.29 is 14.3 Å². The Morgan fingerprint density at radius 2 is 1.68 bits per heavy atom. The molecule has 3 rings (SSSR count). The van der Waals surface area contributed by atoms with Gasteiger partial charge in [-0.2, -0.15) is 0 Å². The van der Waals surface area contributed by atoms with Gasteiger partial charge in [-0.15, -0.1) is 11.3 Å². The highest BCUT2D eigenvalue weighted by atomic mass is 32.1. The molecule has 1 aromatic carbocycles. The smallest absolute Gasteiger partial charge is 0.258 e. The molecular formula is C25H34N2O3S. The lowest BCUT2D eigenvalue weighted by Crippen LogP contribution is -2.28. The van der Waals surface area contributed by atoms with Crippen molar-refractivity contribution in [3.63, 3.8) is 0 Å². The maximum atomic E-state index is 13.3. The van der Waals surface area contributed by atoms with Gasteiger partial charge in [0.2, 0.25) is 5.91 Å². The third-order valence-corrected chi connectivity index (χ3v) is 7.14. The summed E-state index contributed by atoms with van der Waals surface area (Å²) in [6.07, 6.45) is 2.84. The quantitative estimate of drug-likeness (QED) is 0.597.